The van der Waals surface area contributed by atoms with Gasteiger partial charge in [-0.25, -0.2) is 0 Å². The molecule has 0 radical (unpaired) electrons. The van der Waals surface area contributed by atoms with Gasteiger partial charge in [0, 0.05) is 25.4 Å². The van der Waals surface area contributed by atoms with E-state index in [1.165, 1.54) is 11.3 Å². The van der Waals surface area contributed by atoms with Crippen molar-refractivity contribution in [1.82, 2.24) is 0 Å². The number of rotatable bonds is 2. The highest BCUT2D eigenvalue weighted by Crippen LogP contribution is 2.48. The first kappa shape index (κ1) is 14.3. The molecule has 0 atom stereocenters. The highest BCUT2D eigenvalue weighted by molar-refractivity contribution is 9.10. The molecule has 0 saturated heterocycles. The Hall–Kier alpha value is -1.61. The smallest absolute Gasteiger partial charge is 0.129 e. The molecule has 0 amide bonds. The Kier molecular flexibility index (Phi) is 3.85. The minimum Gasteiger partial charge on any atom is -0.396 e. The quantitative estimate of drug-likeness (QED) is 0.628. The second-order valence-electron chi connectivity index (χ2n) is 4.57. The number of thiophene rings is 2. The molecule has 0 spiro atoms. The summed E-state index contributed by atoms with van der Waals surface area (Å²) >= 11 is 6.74. The van der Waals surface area contributed by atoms with E-state index in [9.17, 15) is 5.26 Å². The molecule has 0 bridgehead atoms. The molecular formula is C16H11BrN2S2. The van der Waals surface area contributed by atoms with Gasteiger partial charge in [0.15, 0.2) is 0 Å². The van der Waals surface area contributed by atoms with Crippen molar-refractivity contribution in [2.24, 2.45) is 0 Å². The van der Waals surface area contributed by atoms with Gasteiger partial charge in [0.25, 0.3) is 0 Å². The monoisotopic (exact) mass is 374 g/mol. The second-order valence-corrected chi connectivity index (χ2v) is 7.34. The molecule has 21 heavy (non-hydrogen) atoms. The Morgan fingerprint density at radius 1 is 1.24 bits per heavy atom. The molecular weight excluding hydrogens is 364 g/mol. The fourth-order valence-corrected chi connectivity index (χ4v) is 4.72. The van der Waals surface area contributed by atoms with Gasteiger partial charge in [0.05, 0.1) is 5.69 Å². The van der Waals surface area contributed by atoms with Crippen LogP contribution in [-0.2, 0) is 0 Å². The van der Waals surface area contributed by atoms with Crippen LogP contribution in [0.5, 0.6) is 0 Å². The van der Waals surface area contributed by atoms with Crippen molar-refractivity contribution < 1.29 is 0 Å². The number of nitrogens with zero attached hydrogens (tertiary/aromatic N) is 1. The van der Waals surface area contributed by atoms with E-state index in [0.29, 0.717) is 10.6 Å². The van der Waals surface area contributed by atoms with E-state index in [-0.39, 0.29) is 0 Å². The maximum absolute atomic E-state index is 9.30. The minimum atomic E-state index is 0.571. The van der Waals surface area contributed by atoms with Gasteiger partial charge in [-0.1, -0.05) is 24.3 Å². The molecule has 0 fully saturated rings. The summed E-state index contributed by atoms with van der Waals surface area (Å²) in [6.45, 7) is 2.06. The van der Waals surface area contributed by atoms with E-state index >= 15 is 0 Å². The lowest BCUT2D eigenvalue weighted by Crippen LogP contribution is -1.88. The van der Waals surface area contributed by atoms with Crippen molar-refractivity contribution in [2.75, 3.05) is 5.73 Å². The van der Waals surface area contributed by atoms with E-state index < -0.39 is 0 Å². The number of aryl methyl sites for hydroxylation is 1. The van der Waals surface area contributed by atoms with Crippen LogP contribution in [0.25, 0.3) is 20.9 Å². The van der Waals surface area contributed by atoms with Gasteiger partial charge in [-0.2, -0.15) is 5.26 Å². The summed E-state index contributed by atoms with van der Waals surface area (Å²) in [4.78, 5) is 2.71. The number of hydrogen-bond acceptors (Lipinski definition) is 4. The van der Waals surface area contributed by atoms with E-state index in [1.807, 2.05) is 23.6 Å². The fraction of sp³-hybridized carbons (Fsp3) is 0.0625. The van der Waals surface area contributed by atoms with Gasteiger partial charge in [-0.05, 0) is 39.9 Å². The lowest BCUT2D eigenvalue weighted by molar-refractivity contribution is 1.44. The number of nitriles is 1. The summed E-state index contributed by atoms with van der Waals surface area (Å²) in [5.41, 5.74) is 10.0. The van der Waals surface area contributed by atoms with Crippen LogP contribution in [0.15, 0.2) is 40.2 Å². The van der Waals surface area contributed by atoms with Gasteiger partial charge in [0.2, 0.25) is 0 Å². The molecule has 0 aliphatic carbocycles. The summed E-state index contributed by atoms with van der Waals surface area (Å²) in [6.07, 6.45) is 0. The molecule has 1 aromatic carbocycles. The first-order valence-electron chi connectivity index (χ1n) is 6.25. The first-order valence-corrected chi connectivity index (χ1v) is 8.74. The van der Waals surface area contributed by atoms with Crippen LogP contribution in [0.4, 0.5) is 5.69 Å². The highest BCUT2D eigenvalue weighted by Gasteiger charge is 2.21. The van der Waals surface area contributed by atoms with Crippen LogP contribution in [0, 0.1) is 18.3 Å². The standard InChI is InChI=1S/C16H11BrN2S2/c1-9-4-2-5-10(14(9)17)16-13(11-6-3-7-20-11)15(19)12(8-18)21-16/h2-7H,19H2,1H3. The third-order valence-electron chi connectivity index (χ3n) is 3.25. The summed E-state index contributed by atoms with van der Waals surface area (Å²) in [6, 6.07) is 12.4. The molecule has 0 aliphatic heterocycles. The molecule has 2 N–H and O–H groups in total. The molecule has 5 heteroatoms. The number of nitrogens with two attached hydrogens (primary N) is 1. The van der Waals surface area contributed by atoms with E-state index in [2.05, 4.69) is 41.1 Å². The molecule has 0 saturated carbocycles. The van der Waals surface area contributed by atoms with Crippen molar-refractivity contribution in [2.45, 2.75) is 6.92 Å². The van der Waals surface area contributed by atoms with Gasteiger partial charge < -0.3 is 5.73 Å². The number of benzene rings is 1. The van der Waals surface area contributed by atoms with E-state index in [4.69, 9.17) is 5.73 Å². The van der Waals surface area contributed by atoms with Crippen molar-refractivity contribution in [3.05, 3.63) is 50.6 Å². The number of hydrogen-bond donors (Lipinski definition) is 1. The molecule has 3 rings (SSSR count). The van der Waals surface area contributed by atoms with Crippen LogP contribution in [0.2, 0.25) is 0 Å². The highest BCUT2D eigenvalue weighted by atomic mass is 79.9. The molecule has 3 aromatic rings. The summed E-state index contributed by atoms with van der Waals surface area (Å²) < 4.78 is 1.05. The topological polar surface area (TPSA) is 49.8 Å². The summed E-state index contributed by atoms with van der Waals surface area (Å²) in [5.74, 6) is 0. The molecule has 0 aliphatic rings. The summed E-state index contributed by atoms with van der Waals surface area (Å²) in [5, 5.41) is 11.3. The SMILES string of the molecule is Cc1cccc(-c2sc(C#N)c(N)c2-c2cccs2)c1Br. The van der Waals surface area contributed by atoms with E-state index in [1.54, 1.807) is 11.3 Å². The van der Waals surface area contributed by atoms with Crippen LogP contribution in [-0.4, -0.2) is 0 Å². The molecule has 104 valence electrons. The minimum absolute atomic E-state index is 0.571. The maximum atomic E-state index is 9.30. The first-order chi connectivity index (χ1) is 10.1. The number of anilines is 1. The Bertz CT molecular complexity index is 842. The number of nitrogen functional groups attached to an aromatic ring is 1. The zero-order valence-corrected chi connectivity index (χ0v) is 14.4. The van der Waals surface area contributed by atoms with Crippen LogP contribution < -0.4 is 5.73 Å². The normalized spacial score (nSPS) is 10.5. The molecule has 2 nitrogen and oxygen atoms in total. The average molecular weight is 375 g/mol. The van der Waals surface area contributed by atoms with E-state index in [0.717, 1.165) is 30.9 Å². The van der Waals surface area contributed by atoms with Crippen LogP contribution >= 0.6 is 38.6 Å². The van der Waals surface area contributed by atoms with Crippen molar-refractivity contribution in [3.8, 4) is 27.0 Å². The molecule has 2 aromatic heterocycles. The Morgan fingerprint density at radius 2 is 2.05 bits per heavy atom. The van der Waals surface area contributed by atoms with Gasteiger partial charge in [-0.3, -0.25) is 0 Å². The second kappa shape index (κ2) is 5.64. The Morgan fingerprint density at radius 3 is 2.71 bits per heavy atom. The average Bonchev–Trinajstić information content (AvgIpc) is 3.09. The Balaban J connectivity index is 2.33. The van der Waals surface area contributed by atoms with Crippen LogP contribution in [0.3, 0.4) is 0 Å². The van der Waals surface area contributed by atoms with Crippen LogP contribution in [0.1, 0.15) is 10.4 Å². The molecule has 0 unspecified atom stereocenters. The molecule has 2 heterocycles. The van der Waals surface area contributed by atoms with Crippen molar-refractivity contribution in [3.63, 3.8) is 0 Å². The van der Waals surface area contributed by atoms with Crippen molar-refractivity contribution >= 4 is 44.3 Å². The third-order valence-corrected chi connectivity index (χ3v) is 6.33. The zero-order valence-electron chi connectivity index (χ0n) is 11.2. The lowest BCUT2D eigenvalue weighted by Gasteiger charge is -2.08. The zero-order chi connectivity index (χ0) is 15.0. The maximum Gasteiger partial charge on any atom is 0.129 e. The predicted octanol–water partition coefficient (Wildman–Crippen LogP) is 5.67. The number of halogens is 1. The van der Waals surface area contributed by atoms with Gasteiger partial charge in [-0.15, -0.1) is 22.7 Å². The van der Waals surface area contributed by atoms with Gasteiger partial charge >= 0.3 is 0 Å². The predicted molar refractivity (Wildman–Crippen MR) is 94.6 cm³/mol. The Labute approximate surface area is 139 Å². The largest absolute Gasteiger partial charge is 0.396 e. The summed E-state index contributed by atoms with van der Waals surface area (Å²) in [7, 11) is 0. The third kappa shape index (κ3) is 2.40. The van der Waals surface area contributed by atoms with Crippen molar-refractivity contribution in [1.29, 1.82) is 5.26 Å². The van der Waals surface area contributed by atoms with Gasteiger partial charge in [0.1, 0.15) is 10.9 Å². The fourth-order valence-electron chi connectivity index (χ4n) is 2.20. The lowest BCUT2D eigenvalue weighted by atomic mass is 10.0.